The summed E-state index contributed by atoms with van der Waals surface area (Å²) >= 11 is 7.31. The van der Waals surface area contributed by atoms with Crippen molar-refractivity contribution >= 4 is 39.7 Å². The molecule has 2 aromatic heterocycles. The number of nitro benzene ring substituents is 1. The summed E-state index contributed by atoms with van der Waals surface area (Å²) in [5.41, 5.74) is 0.842. The minimum Gasteiger partial charge on any atom is -0.266 e. The number of nitrogens with zero attached hydrogens (tertiary/aromatic N) is 4. The van der Waals surface area contributed by atoms with E-state index in [2.05, 4.69) is 10.1 Å². The van der Waals surface area contributed by atoms with Crippen molar-refractivity contribution < 1.29 is 4.92 Å². The van der Waals surface area contributed by atoms with E-state index in [1.807, 2.05) is 6.07 Å². The summed E-state index contributed by atoms with van der Waals surface area (Å²) < 4.78 is 1.61. The molecule has 0 atom stereocenters. The van der Waals surface area contributed by atoms with Gasteiger partial charge in [-0.05, 0) is 23.8 Å². The third-order valence-corrected chi connectivity index (χ3v) is 4.96. The Morgan fingerprint density at radius 3 is 2.73 bits per heavy atom. The molecule has 0 radical (unpaired) electrons. The molecule has 26 heavy (non-hydrogen) atoms. The summed E-state index contributed by atoms with van der Waals surface area (Å²) in [6.45, 7) is 0. The van der Waals surface area contributed by atoms with E-state index in [4.69, 9.17) is 11.6 Å². The fourth-order valence-corrected chi connectivity index (χ4v) is 3.60. The Labute approximate surface area is 155 Å². The number of halogens is 1. The van der Waals surface area contributed by atoms with E-state index in [0.717, 1.165) is 11.3 Å². The summed E-state index contributed by atoms with van der Waals surface area (Å²) in [7, 11) is 0. The maximum Gasteiger partial charge on any atom is 0.291 e. The maximum absolute atomic E-state index is 12.6. The molecule has 2 heterocycles. The molecule has 0 aliphatic heterocycles. The highest BCUT2D eigenvalue weighted by Crippen LogP contribution is 2.25. The van der Waals surface area contributed by atoms with Crippen molar-refractivity contribution in [2.45, 2.75) is 0 Å². The maximum atomic E-state index is 12.6. The first-order valence-electron chi connectivity index (χ1n) is 7.43. The van der Waals surface area contributed by atoms with Gasteiger partial charge in [-0.2, -0.15) is 9.50 Å². The van der Waals surface area contributed by atoms with Crippen LogP contribution in [0.4, 0.5) is 5.69 Å². The van der Waals surface area contributed by atoms with Crippen molar-refractivity contribution in [1.29, 1.82) is 0 Å². The number of thiazole rings is 1. The molecule has 4 rings (SSSR count). The van der Waals surface area contributed by atoms with Crippen LogP contribution in [-0.4, -0.2) is 19.5 Å². The van der Waals surface area contributed by atoms with Crippen LogP contribution in [0.2, 0.25) is 5.02 Å². The van der Waals surface area contributed by atoms with Crippen LogP contribution in [0.1, 0.15) is 5.56 Å². The van der Waals surface area contributed by atoms with Crippen molar-refractivity contribution in [3.8, 4) is 11.4 Å². The third-order valence-electron chi connectivity index (χ3n) is 3.68. The molecule has 0 bridgehead atoms. The lowest BCUT2D eigenvalue weighted by atomic mass is 10.2. The average molecular weight is 385 g/mol. The molecule has 128 valence electrons. The van der Waals surface area contributed by atoms with E-state index in [0.29, 0.717) is 31.5 Å². The van der Waals surface area contributed by atoms with Gasteiger partial charge in [0, 0.05) is 17.7 Å². The summed E-state index contributed by atoms with van der Waals surface area (Å²) in [6, 6.07) is 13.2. The molecule has 7 nitrogen and oxygen atoms in total. The molecule has 0 fully saturated rings. The van der Waals surface area contributed by atoms with Gasteiger partial charge in [0.2, 0.25) is 4.96 Å². The van der Waals surface area contributed by atoms with Gasteiger partial charge in [-0.15, -0.1) is 5.10 Å². The molecule has 0 unspecified atom stereocenters. The quantitative estimate of drug-likeness (QED) is 0.400. The van der Waals surface area contributed by atoms with Crippen LogP contribution in [-0.2, 0) is 0 Å². The average Bonchev–Trinajstić information content (AvgIpc) is 3.16. The molecule has 0 spiro atoms. The van der Waals surface area contributed by atoms with Crippen molar-refractivity contribution in [3.05, 3.63) is 84.1 Å². The SMILES string of the molecule is O=c1/c(=C\c2cccc([N+](=O)[O-])c2)sc2nc(-c3ccccc3Cl)nn12. The Balaban J connectivity index is 1.82. The van der Waals surface area contributed by atoms with Gasteiger partial charge in [-0.1, -0.05) is 47.2 Å². The smallest absolute Gasteiger partial charge is 0.266 e. The number of fused-ring (bicyclic) bond motifs is 1. The van der Waals surface area contributed by atoms with Gasteiger partial charge < -0.3 is 0 Å². The molecule has 0 saturated carbocycles. The molecule has 2 aromatic carbocycles. The summed E-state index contributed by atoms with van der Waals surface area (Å²) in [5, 5.41) is 15.6. The lowest BCUT2D eigenvalue weighted by molar-refractivity contribution is -0.384. The summed E-state index contributed by atoms with van der Waals surface area (Å²) in [4.78, 5) is 27.7. The molecular weight excluding hydrogens is 376 g/mol. The van der Waals surface area contributed by atoms with Crippen molar-refractivity contribution in [1.82, 2.24) is 14.6 Å². The van der Waals surface area contributed by atoms with Gasteiger partial charge in [0.15, 0.2) is 5.82 Å². The predicted octanol–water partition coefficient (Wildman–Crippen LogP) is 2.93. The summed E-state index contributed by atoms with van der Waals surface area (Å²) in [5.74, 6) is 0.376. The van der Waals surface area contributed by atoms with Gasteiger partial charge in [0.1, 0.15) is 0 Å². The first-order chi connectivity index (χ1) is 12.5. The van der Waals surface area contributed by atoms with E-state index in [1.54, 1.807) is 36.4 Å². The lowest BCUT2D eigenvalue weighted by Gasteiger charge is -1.96. The second kappa shape index (κ2) is 6.32. The molecule has 0 amide bonds. The van der Waals surface area contributed by atoms with Crippen LogP contribution in [0.15, 0.2) is 53.3 Å². The standard InChI is InChI=1S/C17H9ClN4O3S/c18-13-7-2-1-6-12(13)15-19-17-21(20-15)16(23)14(26-17)9-10-4-3-5-11(8-10)22(24)25/h1-9H/b14-9+. The number of non-ortho nitro benzene ring substituents is 1. The van der Waals surface area contributed by atoms with E-state index < -0.39 is 4.92 Å². The largest absolute Gasteiger partial charge is 0.291 e. The van der Waals surface area contributed by atoms with Gasteiger partial charge in [0.25, 0.3) is 11.2 Å². The van der Waals surface area contributed by atoms with Crippen LogP contribution in [0.3, 0.4) is 0 Å². The van der Waals surface area contributed by atoms with Crippen LogP contribution < -0.4 is 10.1 Å². The highest BCUT2D eigenvalue weighted by atomic mass is 35.5. The Morgan fingerprint density at radius 2 is 2.00 bits per heavy atom. The zero-order valence-electron chi connectivity index (χ0n) is 13.0. The Bertz CT molecular complexity index is 1260. The number of rotatable bonds is 3. The highest BCUT2D eigenvalue weighted by Gasteiger charge is 2.14. The second-order valence-electron chi connectivity index (χ2n) is 5.38. The number of nitro groups is 1. The van der Waals surface area contributed by atoms with Crippen LogP contribution in [0, 0.1) is 10.1 Å². The first kappa shape index (κ1) is 16.4. The third kappa shape index (κ3) is 2.85. The fourth-order valence-electron chi connectivity index (χ4n) is 2.47. The van der Waals surface area contributed by atoms with Crippen molar-refractivity contribution in [2.24, 2.45) is 0 Å². The molecular formula is C17H9ClN4O3S. The number of aromatic nitrogens is 3. The fraction of sp³-hybridized carbons (Fsp3) is 0. The monoisotopic (exact) mass is 384 g/mol. The number of hydrogen-bond acceptors (Lipinski definition) is 6. The minimum atomic E-state index is -0.478. The van der Waals surface area contributed by atoms with Crippen LogP contribution >= 0.6 is 22.9 Å². The van der Waals surface area contributed by atoms with Crippen LogP contribution in [0.25, 0.3) is 22.4 Å². The van der Waals surface area contributed by atoms with E-state index in [9.17, 15) is 14.9 Å². The van der Waals surface area contributed by atoms with Gasteiger partial charge in [-0.25, -0.2) is 0 Å². The lowest BCUT2D eigenvalue weighted by Crippen LogP contribution is -2.23. The molecule has 4 aromatic rings. The number of benzene rings is 2. The van der Waals surface area contributed by atoms with Gasteiger partial charge in [-0.3, -0.25) is 14.9 Å². The van der Waals surface area contributed by atoms with Gasteiger partial charge >= 0.3 is 0 Å². The predicted molar refractivity (Wildman–Crippen MR) is 99.5 cm³/mol. The molecule has 0 saturated heterocycles. The topological polar surface area (TPSA) is 90.4 Å². The first-order valence-corrected chi connectivity index (χ1v) is 8.63. The van der Waals surface area contributed by atoms with Gasteiger partial charge in [0.05, 0.1) is 14.5 Å². The Hall–Kier alpha value is -3.10. The second-order valence-corrected chi connectivity index (χ2v) is 6.79. The minimum absolute atomic E-state index is 0.0355. The molecule has 0 aliphatic rings. The molecule has 9 heteroatoms. The normalized spacial score (nSPS) is 12.0. The number of hydrogen-bond donors (Lipinski definition) is 0. The van der Waals surface area contributed by atoms with E-state index in [-0.39, 0.29) is 11.2 Å². The Morgan fingerprint density at radius 1 is 1.19 bits per heavy atom. The zero-order chi connectivity index (χ0) is 18.3. The highest BCUT2D eigenvalue weighted by molar-refractivity contribution is 7.15. The summed E-state index contributed by atoms with van der Waals surface area (Å²) in [6.07, 6.45) is 1.59. The molecule has 0 aliphatic carbocycles. The zero-order valence-corrected chi connectivity index (χ0v) is 14.6. The Kier molecular flexibility index (Phi) is 3.98. The van der Waals surface area contributed by atoms with E-state index >= 15 is 0 Å². The van der Waals surface area contributed by atoms with Crippen molar-refractivity contribution in [2.75, 3.05) is 0 Å². The van der Waals surface area contributed by atoms with Crippen LogP contribution in [0.5, 0.6) is 0 Å². The van der Waals surface area contributed by atoms with Crippen molar-refractivity contribution in [3.63, 3.8) is 0 Å². The molecule has 0 N–H and O–H groups in total. The van der Waals surface area contributed by atoms with E-state index in [1.165, 1.54) is 16.6 Å².